The lowest BCUT2D eigenvalue weighted by atomic mass is 10.1. The van der Waals surface area contributed by atoms with Gasteiger partial charge in [-0.25, -0.2) is 0 Å². The Balaban J connectivity index is 2.76. The van der Waals surface area contributed by atoms with Crippen LogP contribution in [-0.2, 0) is 0 Å². The molecule has 2 aromatic heterocycles. The number of nitrogens with zero attached hydrogens (tertiary/aromatic N) is 1. The van der Waals surface area contributed by atoms with Crippen molar-refractivity contribution in [2.75, 3.05) is 0 Å². The molecule has 0 fully saturated rings. The zero-order chi connectivity index (χ0) is 11.9. The lowest BCUT2D eigenvalue weighted by Gasteiger charge is -2.08. The number of fused-ring (bicyclic) bond motifs is 1. The Labute approximate surface area is 106 Å². The van der Waals surface area contributed by atoms with Gasteiger partial charge in [-0.15, -0.1) is 11.3 Å². The SMILES string of the molecule is CC(C)c1cc(=S)n2ccc(C(C)C)c2s1. The van der Waals surface area contributed by atoms with E-state index in [1.165, 1.54) is 15.3 Å². The minimum absolute atomic E-state index is 0.548. The predicted molar refractivity (Wildman–Crippen MR) is 74.3 cm³/mol. The fourth-order valence-corrected chi connectivity index (χ4v) is 3.49. The second kappa shape index (κ2) is 4.30. The molecule has 0 aromatic carbocycles. The quantitative estimate of drug-likeness (QED) is 0.681. The van der Waals surface area contributed by atoms with E-state index in [0.717, 1.165) is 4.64 Å². The van der Waals surface area contributed by atoms with Gasteiger partial charge in [-0.2, -0.15) is 0 Å². The summed E-state index contributed by atoms with van der Waals surface area (Å²) in [6.45, 7) is 8.89. The molecule has 0 aliphatic rings. The van der Waals surface area contributed by atoms with E-state index in [2.05, 4.69) is 50.4 Å². The van der Waals surface area contributed by atoms with Crippen molar-refractivity contribution in [2.24, 2.45) is 0 Å². The van der Waals surface area contributed by atoms with Crippen LogP contribution in [0.25, 0.3) is 4.83 Å². The van der Waals surface area contributed by atoms with E-state index < -0.39 is 0 Å². The Kier molecular flexibility index (Phi) is 3.17. The number of rotatable bonds is 2. The highest BCUT2D eigenvalue weighted by atomic mass is 32.1. The van der Waals surface area contributed by atoms with Gasteiger partial charge >= 0.3 is 0 Å². The van der Waals surface area contributed by atoms with Crippen molar-refractivity contribution in [1.82, 2.24) is 4.40 Å². The maximum Gasteiger partial charge on any atom is 0.112 e. The molecule has 0 aliphatic carbocycles. The maximum absolute atomic E-state index is 5.43. The summed E-state index contributed by atoms with van der Waals surface area (Å²) in [4.78, 5) is 2.68. The fourth-order valence-electron chi connectivity index (χ4n) is 1.77. The average molecular weight is 251 g/mol. The van der Waals surface area contributed by atoms with Crippen molar-refractivity contribution >= 4 is 28.4 Å². The molecular weight excluding hydrogens is 234 g/mol. The summed E-state index contributed by atoms with van der Waals surface area (Å²) in [6, 6.07) is 4.32. The minimum atomic E-state index is 0.548. The van der Waals surface area contributed by atoms with Gasteiger partial charge in [0.2, 0.25) is 0 Å². The summed E-state index contributed by atoms with van der Waals surface area (Å²) in [5.41, 5.74) is 1.40. The molecule has 0 radical (unpaired) electrons. The van der Waals surface area contributed by atoms with Crippen LogP contribution in [0.5, 0.6) is 0 Å². The molecule has 86 valence electrons. The Morgan fingerprint density at radius 1 is 1.19 bits per heavy atom. The lowest BCUT2D eigenvalue weighted by Crippen LogP contribution is -1.91. The van der Waals surface area contributed by atoms with E-state index in [0.29, 0.717) is 11.8 Å². The van der Waals surface area contributed by atoms with Gasteiger partial charge in [-0.3, -0.25) is 4.40 Å². The largest absolute Gasteiger partial charge is 0.299 e. The fraction of sp³-hybridized carbons (Fsp3) is 0.462. The average Bonchev–Trinajstić information content (AvgIpc) is 2.61. The number of hydrogen-bond acceptors (Lipinski definition) is 2. The van der Waals surface area contributed by atoms with Gasteiger partial charge in [0.05, 0.1) is 0 Å². The van der Waals surface area contributed by atoms with Gasteiger partial charge in [0, 0.05) is 11.1 Å². The summed E-state index contributed by atoms with van der Waals surface area (Å²) in [5, 5.41) is 0. The van der Waals surface area contributed by atoms with Gasteiger partial charge in [0.15, 0.2) is 0 Å². The summed E-state index contributed by atoms with van der Waals surface area (Å²) >= 11 is 7.30. The Morgan fingerprint density at radius 3 is 2.44 bits per heavy atom. The third-order valence-corrected chi connectivity index (χ3v) is 4.54. The normalized spacial score (nSPS) is 11.9. The lowest BCUT2D eigenvalue weighted by molar-refractivity contribution is 0.875. The summed E-state index contributed by atoms with van der Waals surface area (Å²) < 4.78 is 3.05. The Morgan fingerprint density at radius 2 is 1.88 bits per heavy atom. The van der Waals surface area contributed by atoms with Gasteiger partial charge < -0.3 is 0 Å². The second-order valence-electron chi connectivity index (χ2n) is 4.74. The second-order valence-corrected chi connectivity index (χ2v) is 6.22. The smallest absolute Gasteiger partial charge is 0.112 e. The monoisotopic (exact) mass is 251 g/mol. The highest BCUT2D eigenvalue weighted by Gasteiger charge is 2.10. The van der Waals surface area contributed by atoms with Crippen LogP contribution in [-0.4, -0.2) is 4.40 Å². The van der Waals surface area contributed by atoms with Crippen molar-refractivity contribution in [3.63, 3.8) is 0 Å². The molecule has 0 atom stereocenters. The zero-order valence-electron chi connectivity index (χ0n) is 10.2. The van der Waals surface area contributed by atoms with Crippen molar-refractivity contribution in [1.29, 1.82) is 0 Å². The molecular formula is C13H17NS2. The van der Waals surface area contributed by atoms with Crippen molar-refractivity contribution in [3.8, 4) is 0 Å². The zero-order valence-corrected chi connectivity index (χ0v) is 11.8. The van der Waals surface area contributed by atoms with Crippen LogP contribution >= 0.6 is 23.6 Å². The summed E-state index contributed by atoms with van der Waals surface area (Å²) in [7, 11) is 0. The van der Waals surface area contributed by atoms with Crippen LogP contribution in [0, 0.1) is 4.64 Å². The van der Waals surface area contributed by atoms with Gasteiger partial charge in [0.1, 0.15) is 9.47 Å². The van der Waals surface area contributed by atoms with E-state index in [1.807, 2.05) is 11.3 Å². The predicted octanol–water partition coefficient (Wildman–Crippen LogP) is 4.98. The molecule has 2 aromatic rings. The topological polar surface area (TPSA) is 4.41 Å². The van der Waals surface area contributed by atoms with E-state index >= 15 is 0 Å². The van der Waals surface area contributed by atoms with Gasteiger partial charge in [-0.05, 0) is 29.5 Å². The standard InChI is InChI=1S/C13H17NS2/c1-8(2)10-5-6-14-12(15)7-11(9(3)4)16-13(10)14/h5-9H,1-4H3. The molecule has 0 unspecified atom stereocenters. The van der Waals surface area contributed by atoms with E-state index in [-0.39, 0.29) is 0 Å². The van der Waals surface area contributed by atoms with Crippen molar-refractivity contribution < 1.29 is 0 Å². The molecule has 0 amide bonds. The van der Waals surface area contributed by atoms with Crippen LogP contribution in [0.4, 0.5) is 0 Å². The third-order valence-electron chi connectivity index (χ3n) is 2.78. The Bertz CT molecular complexity index is 561. The molecule has 0 saturated heterocycles. The van der Waals surface area contributed by atoms with Crippen LogP contribution < -0.4 is 0 Å². The molecule has 1 nitrogen and oxygen atoms in total. The Hall–Kier alpha value is -0.670. The maximum atomic E-state index is 5.43. The molecule has 2 heterocycles. The number of hydrogen-bond donors (Lipinski definition) is 0. The number of aromatic nitrogens is 1. The molecule has 16 heavy (non-hydrogen) atoms. The first-order chi connectivity index (χ1) is 7.50. The molecule has 0 bridgehead atoms. The third kappa shape index (κ3) is 1.94. The molecule has 0 spiro atoms. The van der Waals surface area contributed by atoms with Crippen LogP contribution in [0.15, 0.2) is 18.3 Å². The first kappa shape index (κ1) is 11.8. The summed E-state index contributed by atoms with van der Waals surface area (Å²) in [6.07, 6.45) is 2.09. The molecule has 2 rings (SSSR count). The molecule has 0 saturated carbocycles. The highest BCUT2D eigenvalue weighted by Crippen LogP contribution is 2.30. The first-order valence-corrected chi connectivity index (χ1v) is 6.88. The molecule has 0 aliphatic heterocycles. The first-order valence-electron chi connectivity index (χ1n) is 5.65. The van der Waals surface area contributed by atoms with E-state index in [4.69, 9.17) is 12.2 Å². The van der Waals surface area contributed by atoms with Crippen LogP contribution in [0.3, 0.4) is 0 Å². The van der Waals surface area contributed by atoms with E-state index in [1.54, 1.807) is 0 Å². The minimum Gasteiger partial charge on any atom is -0.299 e. The summed E-state index contributed by atoms with van der Waals surface area (Å²) in [5.74, 6) is 1.10. The molecule has 3 heteroatoms. The highest BCUT2D eigenvalue weighted by molar-refractivity contribution is 7.71. The van der Waals surface area contributed by atoms with Crippen LogP contribution in [0.1, 0.15) is 50.0 Å². The van der Waals surface area contributed by atoms with E-state index in [9.17, 15) is 0 Å². The molecule has 0 N–H and O–H groups in total. The van der Waals surface area contributed by atoms with Crippen molar-refractivity contribution in [2.45, 2.75) is 39.5 Å². The van der Waals surface area contributed by atoms with Crippen molar-refractivity contribution in [3.05, 3.63) is 33.4 Å². The van der Waals surface area contributed by atoms with Crippen LogP contribution in [0.2, 0.25) is 0 Å². The van der Waals surface area contributed by atoms with Gasteiger partial charge in [0.25, 0.3) is 0 Å². The van der Waals surface area contributed by atoms with Gasteiger partial charge in [-0.1, -0.05) is 39.9 Å².